The van der Waals surface area contributed by atoms with Crippen LogP contribution < -0.4 is 5.56 Å². The minimum absolute atomic E-state index is 0.0480. The predicted octanol–water partition coefficient (Wildman–Crippen LogP) is 1.76. The average Bonchev–Trinajstić information content (AvgIpc) is 3.38. The van der Waals surface area contributed by atoms with E-state index in [0.717, 1.165) is 42.4 Å². The fraction of sp³-hybridized carbons (Fsp3) is 0.550. The van der Waals surface area contributed by atoms with E-state index in [1.165, 1.54) is 11.3 Å². The first-order valence-electron chi connectivity index (χ1n) is 10.4. The molecule has 10 heteroatoms. The van der Waals surface area contributed by atoms with Crippen molar-refractivity contribution in [1.29, 1.82) is 0 Å². The monoisotopic (exact) mass is 430 g/mol. The van der Waals surface area contributed by atoms with Crippen LogP contribution in [0.15, 0.2) is 27.0 Å². The Morgan fingerprint density at radius 3 is 2.83 bits per heavy atom. The standard InChI is InChI=1S/C20H26N6O3S/c1-2-4-16-22-17(29-23-16)5-3-6-18(27)25-9-7-24(8-10-25)14-15-13-19(28)26-11-12-30-20(26)21-15/h11-13H,2-10,14H2,1H3. The van der Waals surface area contributed by atoms with Crippen LogP contribution in [0.3, 0.4) is 0 Å². The molecule has 0 spiro atoms. The molecule has 3 aromatic heterocycles. The SMILES string of the molecule is CCCc1noc(CCCC(=O)N2CCN(Cc3cc(=O)n4ccsc4n3)CC2)n1. The molecule has 0 radical (unpaired) electrons. The van der Waals surface area contributed by atoms with E-state index >= 15 is 0 Å². The number of amides is 1. The summed E-state index contributed by atoms with van der Waals surface area (Å²) in [4.78, 5) is 38.4. The molecule has 0 aliphatic carbocycles. The summed E-state index contributed by atoms with van der Waals surface area (Å²) in [6.07, 6.45) is 5.37. The Hall–Kier alpha value is -2.59. The quantitative estimate of drug-likeness (QED) is 0.537. The smallest absolute Gasteiger partial charge is 0.258 e. The van der Waals surface area contributed by atoms with E-state index in [9.17, 15) is 9.59 Å². The molecule has 1 aliphatic rings. The molecule has 0 bridgehead atoms. The Morgan fingerprint density at radius 1 is 1.20 bits per heavy atom. The number of hydrogen-bond acceptors (Lipinski definition) is 8. The van der Waals surface area contributed by atoms with Crippen LogP contribution in [0.5, 0.6) is 0 Å². The first-order valence-corrected chi connectivity index (χ1v) is 11.3. The fourth-order valence-electron chi connectivity index (χ4n) is 3.62. The molecule has 1 amide bonds. The van der Waals surface area contributed by atoms with Crippen LogP contribution in [0, 0.1) is 0 Å². The van der Waals surface area contributed by atoms with Crippen LogP contribution in [-0.4, -0.2) is 61.4 Å². The van der Waals surface area contributed by atoms with Crippen LogP contribution >= 0.6 is 11.3 Å². The van der Waals surface area contributed by atoms with Gasteiger partial charge in [0.25, 0.3) is 5.56 Å². The maximum Gasteiger partial charge on any atom is 0.258 e. The van der Waals surface area contributed by atoms with Gasteiger partial charge in [-0.1, -0.05) is 12.1 Å². The van der Waals surface area contributed by atoms with Gasteiger partial charge in [-0.2, -0.15) is 4.98 Å². The maximum atomic E-state index is 12.5. The lowest BCUT2D eigenvalue weighted by atomic mass is 10.2. The lowest BCUT2D eigenvalue weighted by molar-refractivity contribution is -0.133. The van der Waals surface area contributed by atoms with Gasteiger partial charge >= 0.3 is 0 Å². The summed E-state index contributed by atoms with van der Waals surface area (Å²) in [7, 11) is 0. The number of rotatable bonds is 8. The summed E-state index contributed by atoms with van der Waals surface area (Å²) in [6, 6.07) is 1.60. The lowest BCUT2D eigenvalue weighted by Gasteiger charge is -2.34. The number of piperazine rings is 1. The second-order valence-corrected chi connectivity index (χ2v) is 8.38. The van der Waals surface area contributed by atoms with Gasteiger partial charge in [0.05, 0.1) is 5.69 Å². The molecule has 3 aromatic rings. The summed E-state index contributed by atoms with van der Waals surface area (Å²) in [6.45, 7) is 5.65. The molecule has 30 heavy (non-hydrogen) atoms. The number of carbonyl (C=O) groups is 1. The van der Waals surface area contributed by atoms with Crippen molar-refractivity contribution in [3.8, 4) is 0 Å². The largest absolute Gasteiger partial charge is 0.340 e. The highest BCUT2D eigenvalue weighted by Gasteiger charge is 2.21. The summed E-state index contributed by atoms with van der Waals surface area (Å²) in [5.74, 6) is 1.52. The molecule has 4 heterocycles. The number of fused-ring (bicyclic) bond motifs is 1. The third kappa shape index (κ3) is 4.93. The molecular weight excluding hydrogens is 404 g/mol. The van der Waals surface area contributed by atoms with Gasteiger partial charge in [-0.15, -0.1) is 11.3 Å². The minimum atomic E-state index is -0.0480. The van der Waals surface area contributed by atoms with Crippen molar-refractivity contribution in [3.05, 3.63) is 45.4 Å². The van der Waals surface area contributed by atoms with Crippen molar-refractivity contribution in [1.82, 2.24) is 29.3 Å². The van der Waals surface area contributed by atoms with Gasteiger partial charge in [0.1, 0.15) is 0 Å². The highest BCUT2D eigenvalue weighted by atomic mass is 32.1. The molecule has 1 aliphatic heterocycles. The second-order valence-electron chi connectivity index (χ2n) is 7.51. The van der Waals surface area contributed by atoms with E-state index in [1.54, 1.807) is 16.7 Å². The molecule has 0 saturated carbocycles. The Bertz CT molecular complexity index is 1050. The average molecular weight is 431 g/mol. The van der Waals surface area contributed by atoms with Crippen LogP contribution in [0.4, 0.5) is 0 Å². The molecule has 0 unspecified atom stereocenters. The Morgan fingerprint density at radius 2 is 2.03 bits per heavy atom. The zero-order valence-electron chi connectivity index (χ0n) is 17.1. The van der Waals surface area contributed by atoms with Gasteiger partial charge in [-0.05, 0) is 12.8 Å². The molecule has 9 nitrogen and oxygen atoms in total. The van der Waals surface area contributed by atoms with Crippen molar-refractivity contribution in [2.75, 3.05) is 26.2 Å². The highest BCUT2D eigenvalue weighted by molar-refractivity contribution is 7.15. The summed E-state index contributed by atoms with van der Waals surface area (Å²) in [5.41, 5.74) is 0.734. The molecule has 0 N–H and O–H groups in total. The topological polar surface area (TPSA) is 96.8 Å². The van der Waals surface area contributed by atoms with Crippen molar-refractivity contribution in [2.24, 2.45) is 0 Å². The first-order chi connectivity index (χ1) is 14.6. The van der Waals surface area contributed by atoms with E-state index in [4.69, 9.17) is 4.52 Å². The summed E-state index contributed by atoms with van der Waals surface area (Å²) >= 11 is 1.46. The van der Waals surface area contributed by atoms with Gasteiger partial charge in [-0.25, -0.2) is 4.98 Å². The predicted molar refractivity (Wildman–Crippen MR) is 112 cm³/mol. The Kier molecular flexibility index (Phi) is 6.53. The van der Waals surface area contributed by atoms with E-state index in [1.807, 2.05) is 10.3 Å². The summed E-state index contributed by atoms with van der Waals surface area (Å²) in [5, 5.41) is 5.80. The van der Waals surface area contributed by atoms with Crippen molar-refractivity contribution >= 4 is 22.2 Å². The number of aromatic nitrogens is 4. The lowest BCUT2D eigenvalue weighted by Crippen LogP contribution is -2.48. The van der Waals surface area contributed by atoms with E-state index < -0.39 is 0 Å². The molecule has 160 valence electrons. The first kappa shape index (κ1) is 20.7. The van der Waals surface area contributed by atoms with Crippen LogP contribution in [-0.2, 0) is 24.2 Å². The summed E-state index contributed by atoms with van der Waals surface area (Å²) < 4.78 is 6.78. The second kappa shape index (κ2) is 9.48. The van der Waals surface area contributed by atoms with Gasteiger partial charge in [0, 0.05) is 69.6 Å². The fourth-order valence-corrected chi connectivity index (χ4v) is 4.36. The third-order valence-corrected chi connectivity index (χ3v) is 5.99. The van der Waals surface area contributed by atoms with Crippen molar-refractivity contribution in [2.45, 2.75) is 45.6 Å². The van der Waals surface area contributed by atoms with Gasteiger partial charge in [0.2, 0.25) is 11.8 Å². The van der Waals surface area contributed by atoms with Crippen LogP contribution in [0.25, 0.3) is 4.96 Å². The van der Waals surface area contributed by atoms with Crippen molar-refractivity contribution < 1.29 is 9.32 Å². The molecule has 1 saturated heterocycles. The number of hydrogen-bond donors (Lipinski definition) is 0. The molecule has 0 aromatic carbocycles. The minimum Gasteiger partial charge on any atom is -0.340 e. The van der Waals surface area contributed by atoms with Crippen LogP contribution in [0.1, 0.15) is 43.6 Å². The Labute approximate surface area is 178 Å². The molecule has 0 atom stereocenters. The molecular formula is C20H26N6O3S. The normalized spacial score (nSPS) is 15.2. The number of aryl methyl sites for hydroxylation is 2. The van der Waals surface area contributed by atoms with Gasteiger partial charge in [-0.3, -0.25) is 18.9 Å². The number of nitrogens with zero attached hydrogens (tertiary/aromatic N) is 6. The number of carbonyl (C=O) groups excluding carboxylic acids is 1. The number of thiazole rings is 1. The Balaban J connectivity index is 1.21. The molecule has 1 fully saturated rings. The van der Waals surface area contributed by atoms with Crippen molar-refractivity contribution in [3.63, 3.8) is 0 Å². The van der Waals surface area contributed by atoms with Crippen LogP contribution in [0.2, 0.25) is 0 Å². The van der Waals surface area contributed by atoms with E-state index in [0.29, 0.717) is 44.8 Å². The molecule has 4 rings (SSSR count). The highest BCUT2D eigenvalue weighted by Crippen LogP contribution is 2.12. The maximum absolute atomic E-state index is 12.5. The van der Waals surface area contributed by atoms with E-state index in [2.05, 4.69) is 26.9 Å². The van der Waals surface area contributed by atoms with Gasteiger partial charge < -0.3 is 9.42 Å². The van der Waals surface area contributed by atoms with Gasteiger partial charge in [0.15, 0.2) is 10.8 Å². The van der Waals surface area contributed by atoms with E-state index in [-0.39, 0.29) is 11.5 Å². The zero-order chi connectivity index (χ0) is 20.9. The zero-order valence-corrected chi connectivity index (χ0v) is 17.9. The third-order valence-electron chi connectivity index (χ3n) is 5.23.